The molecule has 7 heteroatoms. The quantitative estimate of drug-likeness (QED) is 0.734. The summed E-state index contributed by atoms with van der Waals surface area (Å²) >= 11 is 3.44. The molecule has 1 heterocycles. The number of nitrogens with zero attached hydrogens (tertiary/aromatic N) is 2. The van der Waals surface area contributed by atoms with E-state index in [9.17, 15) is 13.2 Å². The zero-order valence-electron chi connectivity index (χ0n) is 14.8. The monoisotopic (exact) mass is 428 g/mol. The molecule has 1 aliphatic carbocycles. The molecule has 0 saturated heterocycles. The van der Waals surface area contributed by atoms with Crippen LogP contribution < -0.4 is 4.90 Å². The third kappa shape index (κ3) is 3.51. The van der Waals surface area contributed by atoms with Gasteiger partial charge in [-0.25, -0.2) is 8.42 Å². The molecule has 1 aromatic carbocycles. The number of fused-ring (bicyclic) bond motifs is 1. The zero-order valence-corrected chi connectivity index (χ0v) is 17.2. The van der Waals surface area contributed by atoms with E-state index < -0.39 is 10.0 Å². The molecule has 3 rings (SSSR count). The van der Waals surface area contributed by atoms with Crippen molar-refractivity contribution in [3.05, 3.63) is 22.2 Å². The van der Waals surface area contributed by atoms with Crippen LogP contribution in [0.1, 0.15) is 51.0 Å². The lowest BCUT2D eigenvalue weighted by Crippen LogP contribution is -2.39. The number of hydrogen-bond acceptors (Lipinski definition) is 3. The van der Waals surface area contributed by atoms with E-state index in [0.29, 0.717) is 25.1 Å². The molecular formula is C18H25BrN2O3S. The lowest BCUT2D eigenvalue weighted by molar-refractivity contribution is -0.118. The molecule has 0 atom stereocenters. The highest BCUT2D eigenvalue weighted by molar-refractivity contribution is 9.10. The number of benzene rings is 1. The second-order valence-corrected chi connectivity index (χ2v) is 9.76. The molecule has 5 nitrogen and oxygen atoms in total. The summed E-state index contributed by atoms with van der Waals surface area (Å²) in [6.07, 6.45) is 6.19. The molecule has 0 unspecified atom stereocenters. The largest absolute Gasteiger partial charge is 0.310 e. The maximum absolute atomic E-state index is 13.4. The Balaban J connectivity index is 2.05. The van der Waals surface area contributed by atoms with Crippen molar-refractivity contribution in [3.8, 4) is 0 Å². The van der Waals surface area contributed by atoms with E-state index in [1.807, 2.05) is 13.0 Å². The van der Waals surface area contributed by atoms with E-state index in [1.54, 1.807) is 18.0 Å². The summed E-state index contributed by atoms with van der Waals surface area (Å²) in [5.74, 6) is -0.0298. The second kappa shape index (κ2) is 7.37. The molecular weight excluding hydrogens is 404 g/mol. The van der Waals surface area contributed by atoms with E-state index in [0.717, 1.165) is 35.7 Å². The molecule has 1 fully saturated rings. The molecule has 0 radical (unpaired) electrons. The topological polar surface area (TPSA) is 57.7 Å². The van der Waals surface area contributed by atoms with Crippen LogP contribution in [0.2, 0.25) is 0 Å². The smallest absolute Gasteiger partial charge is 0.245 e. The maximum atomic E-state index is 13.4. The first-order valence-corrected chi connectivity index (χ1v) is 11.2. The van der Waals surface area contributed by atoms with Gasteiger partial charge in [0.25, 0.3) is 0 Å². The van der Waals surface area contributed by atoms with E-state index >= 15 is 0 Å². The lowest BCUT2D eigenvalue weighted by Gasteiger charge is -2.31. The SMILES string of the molecule is CCC(=O)N1CCc2cc(Br)cc(S(=O)(=O)N(C)C3CCCCC3)c21. The van der Waals surface area contributed by atoms with Gasteiger partial charge in [0, 0.05) is 30.5 Å². The molecule has 1 aliphatic heterocycles. The van der Waals surface area contributed by atoms with Gasteiger partial charge in [-0.15, -0.1) is 0 Å². The molecule has 25 heavy (non-hydrogen) atoms. The Morgan fingerprint density at radius 2 is 1.96 bits per heavy atom. The van der Waals surface area contributed by atoms with Crippen molar-refractivity contribution in [1.29, 1.82) is 0 Å². The van der Waals surface area contributed by atoms with E-state index in [1.165, 1.54) is 10.7 Å². The van der Waals surface area contributed by atoms with Crippen LogP contribution in [0.15, 0.2) is 21.5 Å². The van der Waals surface area contributed by atoms with Crippen LogP contribution >= 0.6 is 15.9 Å². The first-order chi connectivity index (χ1) is 11.9. The number of sulfonamides is 1. The summed E-state index contributed by atoms with van der Waals surface area (Å²) in [6, 6.07) is 3.62. The molecule has 2 aliphatic rings. The van der Waals surface area contributed by atoms with Gasteiger partial charge in [-0.05, 0) is 37.0 Å². The standard InChI is InChI=1S/C18H25BrN2O3S/c1-3-17(22)21-10-9-13-11-14(19)12-16(18(13)21)25(23,24)20(2)15-7-5-4-6-8-15/h11-12,15H,3-10H2,1-2H3. The first kappa shape index (κ1) is 18.9. The van der Waals surface area contributed by atoms with Gasteiger partial charge >= 0.3 is 0 Å². The second-order valence-electron chi connectivity index (χ2n) is 6.87. The highest BCUT2D eigenvalue weighted by Crippen LogP contribution is 2.39. The van der Waals surface area contributed by atoms with Crippen molar-refractivity contribution in [1.82, 2.24) is 4.31 Å². The Bertz CT molecular complexity index is 773. The summed E-state index contributed by atoms with van der Waals surface area (Å²) in [5.41, 5.74) is 1.50. The fourth-order valence-corrected chi connectivity index (χ4v) is 6.23. The normalized spacial score (nSPS) is 18.6. The van der Waals surface area contributed by atoms with Crippen LogP contribution in [0.3, 0.4) is 0 Å². The minimum absolute atomic E-state index is 0.0298. The van der Waals surface area contributed by atoms with Crippen molar-refractivity contribution in [2.75, 3.05) is 18.5 Å². The Labute approximate surface area is 158 Å². The van der Waals surface area contributed by atoms with Crippen molar-refractivity contribution in [2.24, 2.45) is 0 Å². The van der Waals surface area contributed by atoms with E-state index in [2.05, 4.69) is 15.9 Å². The number of hydrogen-bond donors (Lipinski definition) is 0. The van der Waals surface area contributed by atoms with Gasteiger partial charge in [0.05, 0.1) is 5.69 Å². The van der Waals surface area contributed by atoms with E-state index in [-0.39, 0.29) is 16.8 Å². The molecule has 0 spiro atoms. The van der Waals surface area contributed by atoms with Crippen LogP contribution in [-0.4, -0.2) is 38.3 Å². The number of halogens is 1. The summed E-state index contributed by atoms with van der Waals surface area (Å²) in [7, 11) is -1.97. The molecule has 0 N–H and O–H groups in total. The fourth-order valence-electron chi connectivity index (χ4n) is 3.90. The van der Waals surface area contributed by atoms with Crippen molar-refractivity contribution >= 4 is 37.5 Å². The average molecular weight is 429 g/mol. The zero-order chi connectivity index (χ0) is 18.2. The average Bonchev–Trinajstić information content (AvgIpc) is 3.03. The Hall–Kier alpha value is -0.920. The predicted octanol–water partition coefficient (Wildman–Crippen LogP) is 3.70. The number of carbonyl (C=O) groups excluding carboxylic acids is 1. The van der Waals surface area contributed by atoms with Crippen LogP contribution in [0, 0.1) is 0 Å². The van der Waals surface area contributed by atoms with Crippen molar-refractivity contribution < 1.29 is 13.2 Å². The summed E-state index contributed by atoms with van der Waals surface area (Å²) in [4.78, 5) is 14.2. The molecule has 1 saturated carbocycles. The summed E-state index contributed by atoms with van der Waals surface area (Å²) < 4.78 is 29.0. The van der Waals surface area contributed by atoms with Gasteiger partial charge in [0.15, 0.2) is 0 Å². The maximum Gasteiger partial charge on any atom is 0.245 e. The van der Waals surface area contributed by atoms with Gasteiger partial charge in [-0.2, -0.15) is 4.31 Å². The van der Waals surface area contributed by atoms with E-state index in [4.69, 9.17) is 0 Å². The molecule has 138 valence electrons. The van der Waals surface area contributed by atoms with Crippen molar-refractivity contribution in [2.45, 2.75) is 62.8 Å². The lowest BCUT2D eigenvalue weighted by atomic mass is 9.96. The number of anilines is 1. The molecule has 1 amide bonds. The van der Waals surface area contributed by atoms with Gasteiger partial charge in [-0.3, -0.25) is 4.79 Å². The molecule has 0 aromatic heterocycles. The Morgan fingerprint density at radius 1 is 1.28 bits per heavy atom. The minimum atomic E-state index is -3.65. The predicted molar refractivity (Wildman–Crippen MR) is 102 cm³/mol. The Morgan fingerprint density at radius 3 is 2.60 bits per heavy atom. The number of rotatable bonds is 4. The summed E-state index contributed by atoms with van der Waals surface area (Å²) in [6.45, 7) is 2.36. The van der Waals surface area contributed by atoms with Gasteiger partial charge < -0.3 is 4.90 Å². The van der Waals surface area contributed by atoms with Gasteiger partial charge in [-0.1, -0.05) is 42.1 Å². The minimum Gasteiger partial charge on any atom is -0.310 e. The van der Waals surface area contributed by atoms with Crippen LogP contribution in [0.5, 0.6) is 0 Å². The van der Waals surface area contributed by atoms with Crippen LogP contribution in [0.4, 0.5) is 5.69 Å². The van der Waals surface area contributed by atoms with Crippen molar-refractivity contribution in [3.63, 3.8) is 0 Å². The highest BCUT2D eigenvalue weighted by atomic mass is 79.9. The number of carbonyl (C=O) groups is 1. The number of amides is 1. The third-order valence-electron chi connectivity index (χ3n) is 5.34. The van der Waals surface area contributed by atoms with Gasteiger partial charge in [0.1, 0.15) is 4.90 Å². The summed E-state index contributed by atoms with van der Waals surface area (Å²) in [5, 5.41) is 0. The Kier molecular flexibility index (Phi) is 5.56. The molecule has 0 bridgehead atoms. The fraction of sp³-hybridized carbons (Fsp3) is 0.611. The first-order valence-electron chi connectivity index (χ1n) is 8.97. The molecule has 1 aromatic rings. The van der Waals surface area contributed by atoms with Crippen LogP contribution in [0.25, 0.3) is 0 Å². The highest BCUT2D eigenvalue weighted by Gasteiger charge is 2.36. The van der Waals surface area contributed by atoms with Crippen LogP contribution in [-0.2, 0) is 21.2 Å². The third-order valence-corrected chi connectivity index (χ3v) is 7.72. The van der Waals surface area contributed by atoms with Gasteiger partial charge in [0.2, 0.25) is 15.9 Å².